The molecule has 144 valence electrons. The van der Waals surface area contributed by atoms with E-state index < -0.39 is 11.9 Å². The SMILES string of the molecule is COc1cccc(F)c1C1c2[nH]c3cccc(F)c3c2C2(CC2)CN1C(C)=O. The number of hydrogen-bond donors (Lipinski definition) is 1. The summed E-state index contributed by atoms with van der Waals surface area (Å²) in [6.07, 6.45) is 1.76. The summed E-state index contributed by atoms with van der Waals surface area (Å²) in [7, 11) is 1.48. The fourth-order valence-corrected chi connectivity index (χ4v) is 4.75. The molecule has 0 bridgehead atoms. The van der Waals surface area contributed by atoms with E-state index in [4.69, 9.17) is 4.74 Å². The molecule has 1 aromatic heterocycles. The van der Waals surface area contributed by atoms with Gasteiger partial charge in [-0.3, -0.25) is 4.79 Å². The second-order valence-electron chi connectivity index (χ2n) is 7.76. The molecule has 1 aliphatic heterocycles. The number of methoxy groups -OCH3 is 1. The minimum atomic E-state index is -0.693. The van der Waals surface area contributed by atoms with Crippen LogP contribution in [0.1, 0.15) is 42.6 Å². The smallest absolute Gasteiger partial charge is 0.220 e. The number of nitrogens with zero attached hydrogens (tertiary/aromatic N) is 1. The average molecular weight is 382 g/mol. The van der Waals surface area contributed by atoms with Gasteiger partial charge in [-0.1, -0.05) is 12.1 Å². The van der Waals surface area contributed by atoms with Crippen molar-refractivity contribution in [2.24, 2.45) is 0 Å². The molecule has 6 heteroatoms. The van der Waals surface area contributed by atoms with Crippen LogP contribution in [-0.2, 0) is 10.2 Å². The number of halogens is 2. The summed E-state index contributed by atoms with van der Waals surface area (Å²) in [5.41, 5.74) is 2.26. The zero-order valence-electron chi connectivity index (χ0n) is 15.7. The summed E-state index contributed by atoms with van der Waals surface area (Å²) in [4.78, 5) is 17.6. The Morgan fingerprint density at radius 1 is 1.18 bits per heavy atom. The van der Waals surface area contributed by atoms with Crippen molar-refractivity contribution in [3.63, 3.8) is 0 Å². The van der Waals surface area contributed by atoms with Crippen LogP contribution in [0.3, 0.4) is 0 Å². The predicted molar refractivity (Wildman–Crippen MR) is 101 cm³/mol. The van der Waals surface area contributed by atoms with Gasteiger partial charge in [-0.2, -0.15) is 0 Å². The van der Waals surface area contributed by atoms with E-state index in [2.05, 4.69) is 4.98 Å². The highest BCUT2D eigenvalue weighted by molar-refractivity contribution is 5.89. The summed E-state index contributed by atoms with van der Waals surface area (Å²) in [6, 6.07) is 8.85. The Morgan fingerprint density at radius 3 is 2.57 bits per heavy atom. The van der Waals surface area contributed by atoms with Crippen LogP contribution in [0, 0.1) is 11.6 Å². The Bertz CT molecular complexity index is 1120. The number of nitrogens with one attached hydrogen (secondary N) is 1. The van der Waals surface area contributed by atoms with Crippen molar-refractivity contribution in [1.29, 1.82) is 0 Å². The summed E-state index contributed by atoms with van der Waals surface area (Å²) in [5, 5.41) is 0.554. The molecular weight excluding hydrogens is 362 g/mol. The molecule has 2 heterocycles. The highest BCUT2D eigenvalue weighted by Gasteiger charge is 2.55. The lowest BCUT2D eigenvalue weighted by Crippen LogP contribution is -2.44. The lowest BCUT2D eigenvalue weighted by atomic mass is 9.82. The molecule has 1 atom stereocenters. The molecule has 1 fully saturated rings. The number of H-pyrrole nitrogens is 1. The third kappa shape index (κ3) is 2.23. The van der Waals surface area contributed by atoms with Crippen molar-refractivity contribution in [2.45, 2.75) is 31.2 Å². The number of fused-ring (bicyclic) bond motifs is 4. The number of carbonyl (C=O) groups excluding carboxylic acids is 1. The molecule has 1 unspecified atom stereocenters. The zero-order chi connectivity index (χ0) is 19.6. The van der Waals surface area contributed by atoms with Gasteiger partial charge in [0.05, 0.1) is 12.7 Å². The molecule has 5 rings (SSSR count). The summed E-state index contributed by atoms with van der Waals surface area (Å²) < 4.78 is 35.2. The lowest BCUT2D eigenvalue weighted by molar-refractivity contribution is -0.131. The Kier molecular flexibility index (Phi) is 3.57. The van der Waals surface area contributed by atoms with Crippen LogP contribution < -0.4 is 4.74 Å². The Balaban J connectivity index is 1.86. The largest absolute Gasteiger partial charge is 0.496 e. The fourth-order valence-electron chi connectivity index (χ4n) is 4.75. The zero-order valence-corrected chi connectivity index (χ0v) is 15.7. The van der Waals surface area contributed by atoms with E-state index >= 15 is 0 Å². The topological polar surface area (TPSA) is 45.3 Å². The molecule has 1 spiro atoms. The maximum absolute atomic E-state index is 15.0. The lowest BCUT2D eigenvalue weighted by Gasteiger charge is -2.40. The third-order valence-corrected chi connectivity index (χ3v) is 6.16. The third-order valence-electron chi connectivity index (χ3n) is 6.16. The highest BCUT2D eigenvalue weighted by Crippen LogP contribution is 2.58. The number of amides is 1. The van der Waals surface area contributed by atoms with Crippen LogP contribution in [0.2, 0.25) is 0 Å². The second kappa shape index (κ2) is 5.80. The number of aromatic nitrogens is 1. The van der Waals surface area contributed by atoms with Gasteiger partial charge in [-0.25, -0.2) is 8.78 Å². The van der Waals surface area contributed by atoms with Gasteiger partial charge < -0.3 is 14.6 Å². The van der Waals surface area contributed by atoms with Gasteiger partial charge in [0.15, 0.2) is 0 Å². The summed E-state index contributed by atoms with van der Waals surface area (Å²) >= 11 is 0. The monoisotopic (exact) mass is 382 g/mol. The van der Waals surface area contributed by atoms with E-state index in [1.807, 2.05) is 6.07 Å². The fraction of sp³-hybridized carbons (Fsp3) is 0.318. The highest BCUT2D eigenvalue weighted by atomic mass is 19.1. The van der Waals surface area contributed by atoms with Crippen molar-refractivity contribution in [3.05, 3.63) is 64.9 Å². The van der Waals surface area contributed by atoms with E-state index in [0.29, 0.717) is 34.5 Å². The minimum Gasteiger partial charge on any atom is -0.496 e. The Morgan fingerprint density at radius 2 is 1.89 bits per heavy atom. The molecule has 1 amide bonds. The second-order valence-corrected chi connectivity index (χ2v) is 7.76. The molecular formula is C22H20F2N2O2. The molecule has 0 saturated heterocycles. The first kappa shape index (κ1) is 17.2. The quantitative estimate of drug-likeness (QED) is 0.712. The maximum atomic E-state index is 15.0. The number of ether oxygens (including phenoxy) is 1. The van der Waals surface area contributed by atoms with E-state index in [1.54, 1.807) is 23.1 Å². The minimum absolute atomic E-state index is 0.147. The van der Waals surface area contributed by atoms with Crippen LogP contribution in [0.4, 0.5) is 8.78 Å². The number of rotatable bonds is 2. The van der Waals surface area contributed by atoms with Gasteiger partial charge in [0.1, 0.15) is 23.4 Å². The molecule has 28 heavy (non-hydrogen) atoms. The number of carbonyl (C=O) groups is 1. The standard InChI is InChI=1S/C22H20F2N2O2/c1-12(27)26-11-22(9-10-22)19-17-13(23)5-3-7-15(17)25-20(19)21(26)18-14(24)6-4-8-16(18)28-2/h3-8,21,25H,9-11H2,1-2H3. The van der Waals surface area contributed by atoms with E-state index in [-0.39, 0.29) is 17.1 Å². The van der Waals surface area contributed by atoms with Gasteiger partial charge >= 0.3 is 0 Å². The van der Waals surface area contributed by atoms with Crippen molar-refractivity contribution in [1.82, 2.24) is 9.88 Å². The summed E-state index contributed by atoms with van der Waals surface area (Å²) in [6.45, 7) is 1.93. The number of benzene rings is 2. The molecule has 1 N–H and O–H groups in total. The summed E-state index contributed by atoms with van der Waals surface area (Å²) in [5.74, 6) is -0.524. The van der Waals surface area contributed by atoms with Gasteiger partial charge in [0.2, 0.25) is 5.91 Å². The van der Waals surface area contributed by atoms with Crippen molar-refractivity contribution >= 4 is 16.8 Å². The van der Waals surface area contributed by atoms with Gasteiger partial charge in [0, 0.05) is 35.5 Å². The van der Waals surface area contributed by atoms with Crippen molar-refractivity contribution < 1.29 is 18.3 Å². The molecule has 2 aliphatic rings. The van der Waals surface area contributed by atoms with Crippen LogP contribution in [0.15, 0.2) is 36.4 Å². The van der Waals surface area contributed by atoms with Crippen LogP contribution in [-0.4, -0.2) is 29.4 Å². The van der Waals surface area contributed by atoms with Crippen LogP contribution in [0.25, 0.3) is 10.9 Å². The molecule has 0 radical (unpaired) electrons. The first-order valence-corrected chi connectivity index (χ1v) is 9.37. The first-order chi connectivity index (χ1) is 13.5. The maximum Gasteiger partial charge on any atom is 0.220 e. The molecule has 1 aliphatic carbocycles. The molecule has 4 nitrogen and oxygen atoms in total. The molecule has 1 saturated carbocycles. The van der Waals surface area contributed by atoms with Gasteiger partial charge in [-0.05, 0) is 42.7 Å². The Labute approximate surface area is 161 Å². The van der Waals surface area contributed by atoms with Gasteiger partial charge in [0.25, 0.3) is 0 Å². The first-order valence-electron chi connectivity index (χ1n) is 9.37. The van der Waals surface area contributed by atoms with Crippen LogP contribution in [0.5, 0.6) is 5.75 Å². The molecule has 3 aromatic rings. The van der Waals surface area contributed by atoms with Crippen molar-refractivity contribution in [2.75, 3.05) is 13.7 Å². The van der Waals surface area contributed by atoms with Crippen LogP contribution >= 0.6 is 0 Å². The molecule has 2 aromatic carbocycles. The van der Waals surface area contributed by atoms with Crippen molar-refractivity contribution in [3.8, 4) is 5.75 Å². The van der Waals surface area contributed by atoms with Gasteiger partial charge in [-0.15, -0.1) is 0 Å². The predicted octanol–water partition coefficient (Wildman–Crippen LogP) is 4.44. The van der Waals surface area contributed by atoms with E-state index in [0.717, 1.165) is 18.4 Å². The van der Waals surface area contributed by atoms with E-state index in [1.165, 1.54) is 26.2 Å². The van der Waals surface area contributed by atoms with E-state index in [9.17, 15) is 13.6 Å². The number of aromatic amines is 1. The average Bonchev–Trinajstić information content (AvgIpc) is 3.31. The normalized spacial score (nSPS) is 19.7. The number of hydrogen-bond acceptors (Lipinski definition) is 2. The Hall–Kier alpha value is -2.89.